The van der Waals surface area contributed by atoms with Gasteiger partial charge in [-0.3, -0.25) is 4.79 Å². The number of benzene rings is 2. The molecule has 2 aromatic carbocycles. The van der Waals surface area contributed by atoms with Crippen molar-refractivity contribution in [2.75, 3.05) is 6.54 Å². The van der Waals surface area contributed by atoms with Crippen molar-refractivity contribution in [2.24, 2.45) is 5.41 Å². The SMILES string of the molecule is C[C@H](CC1(C(=O)O)C=CC(c2ccccc2)=CC1OC1CC1)NC[C@H](O)c1ccccc1. The van der Waals surface area contributed by atoms with Crippen LogP contribution in [0, 0.1) is 5.41 Å². The van der Waals surface area contributed by atoms with E-state index in [1.165, 1.54) is 0 Å². The number of carboxylic acids is 1. The van der Waals surface area contributed by atoms with Crippen molar-refractivity contribution in [3.05, 3.63) is 90.0 Å². The molecule has 32 heavy (non-hydrogen) atoms. The number of allylic oxidation sites excluding steroid dienone is 2. The largest absolute Gasteiger partial charge is 0.481 e. The maximum Gasteiger partial charge on any atom is 0.316 e. The summed E-state index contributed by atoms with van der Waals surface area (Å²) in [6.07, 6.45) is 6.91. The first-order valence-corrected chi connectivity index (χ1v) is 11.3. The first kappa shape index (κ1) is 22.5. The molecular weight excluding hydrogens is 402 g/mol. The third-order valence-corrected chi connectivity index (χ3v) is 6.26. The third kappa shape index (κ3) is 5.18. The minimum atomic E-state index is -1.16. The quantitative estimate of drug-likeness (QED) is 0.519. The summed E-state index contributed by atoms with van der Waals surface area (Å²) in [4.78, 5) is 12.6. The van der Waals surface area contributed by atoms with E-state index in [0.29, 0.717) is 13.0 Å². The van der Waals surface area contributed by atoms with Gasteiger partial charge in [0.25, 0.3) is 0 Å². The number of hydrogen-bond acceptors (Lipinski definition) is 4. The summed E-state index contributed by atoms with van der Waals surface area (Å²) < 4.78 is 6.24. The van der Waals surface area contributed by atoms with Crippen LogP contribution in [0.3, 0.4) is 0 Å². The van der Waals surface area contributed by atoms with Gasteiger partial charge in [0, 0.05) is 12.6 Å². The molecule has 4 rings (SSSR count). The van der Waals surface area contributed by atoms with Gasteiger partial charge in [0.1, 0.15) is 5.41 Å². The van der Waals surface area contributed by atoms with Gasteiger partial charge >= 0.3 is 5.97 Å². The summed E-state index contributed by atoms with van der Waals surface area (Å²) in [7, 11) is 0. The minimum Gasteiger partial charge on any atom is -0.481 e. The van der Waals surface area contributed by atoms with Gasteiger partial charge in [-0.15, -0.1) is 0 Å². The van der Waals surface area contributed by atoms with Gasteiger partial charge in [0.05, 0.1) is 18.3 Å². The van der Waals surface area contributed by atoms with Crippen molar-refractivity contribution in [1.29, 1.82) is 0 Å². The number of carboxylic acid groups (broad SMARTS) is 1. The second kappa shape index (κ2) is 9.82. The van der Waals surface area contributed by atoms with E-state index in [2.05, 4.69) is 5.32 Å². The fourth-order valence-corrected chi connectivity index (χ4v) is 4.25. The number of nitrogens with one attached hydrogen (secondary N) is 1. The predicted octanol–water partition coefficient (Wildman–Crippen LogP) is 4.36. The molecule has 2 aliphatic carbocycles. The maximum absolute atomic E-state index is 12.6. The minimum absolute atomic E-state index is 0.127. The molecule has 0 aliphatic heterocycles. The van der Waals surface area contributed by atoms with Crippen LogP contribution < -0.4 is 5.32 Å². The summed E-state index contributed by atoms with van der Waals surface area (Å²) in [5.74, 6) is -0.889. The number of aliphatic hydroxyl groups excluding tert-OH is 1. The Balaban J connectivity index is 1.50. The smallest absolute Gasteiger partial charge is 0.316 e. The number of aliphatic carboxylic acids is 1. The van der Waals surface area contributed by atoms with Gasteiger partial charge < -0.3 is 20.3 Å². The molecule has 0 spiro atoms. The Labute approximate surface area is 189 Å². The van der Waals surface area contributed by atoms with Crippen LogP contribution in [0.15, 0.2) is 78.9 Å². The van der Waals surface area contributed by atoms with Crippen molar-refractivity contribution in [2.45, 2.75) is 50.5 Å². The van der Waals surface area contributed by atoms with Crippen molar-refractivity contribution in [3.8, 4) is 0 Å². The molecule has 0 radical (unpaired) electrons. The van der Waals surface area contributed by atoms with Crippen molar-refractivity contribution in [1.82, 2.24) is 5.32 Å². The Kier molecular flexibility index (Phi) is 6.89. The van der Waals surface area contributed by atoms with E-state index in [1.807, 2.05) is 79.7 Å². The number of carbonyl (C=O) groups is 1. The number of rotatable bonds is 10. The first-order valence-electron chi connectivity index (χ1n) is 11.3. The fourth-order valence-electron chi connectivity index (χ4n) is 4.25. The molecule has 2 aromatic rings. The molecule has 2 aliphatic rings. The monoisotopic (exact) mass is 433 g/mol. The van der Waals surface area contributed by atoms with Crippen molar-refractivity contribution >= 4 is 11.5 Å². The average molecular weight is 434 g/mol. The Morgan fingerprint density at radius 2 is 1.78 bits per heavy atom. The second-order valence-corrected chi connectivity index (χ2v) is 8.86. The van der Waals surface area contributed by atoms with E-state index >= 15 is 0 Å². The highest BCUT2D eigenvalue weighted by atomic mass is 16.5. The molecule has 2 unspecified atom stereocenters. The molecule has 0 amide bonds. The molecule has 1 saturated carbocycles. The normalized spacial score (nSPS) is 24.6. The zero-order valence-electron chi connectivity index (χ0n) is 18.4. The Hall–Kier alpha value is -2.73. The number of aliphatic hydroxyl groups is 1. The van der Waals surface area contributed by atoms with E-state index < -0.39 is 23.6 Å². The van der Waals surface area contributed by atoms with Crippen molar-refractivity contribution < 1.29 is 19.7 Å². The Morgan fingerprint density at radius 1 is 1.12 bits per heavy atom. The van der Waals surface area contributed by atoms with E-state index in [-0.39, 0.29) is 12.1 Å². The molecule has 5 heteroatoms. The topological polar surface area (TPSA) is 78.8 Å². The van der Waals surface area contributed by atoms with Crippen molar-refractivity contribution in [3.63, 3.8) is 0 Å². The van der Waals surface area contributed by atoms with Crippen LogP contribution in [-0.4, -0.2) is 41.0 Å². The zero-order chi connectivity index (χ0) is 22.6. The van der Waals surface area contributed by atoms with Crippen LogP contribution in [-0.2, 0) is 9.53 Å². The van der Waals surface area contributed by atoms with Crippen LogP contribution >= 0.6 is 0 Å². The van der Waals surface area contributed by atoms with Gasteiger partial charge in [0.2, 0.25) is 0 Å². The van der Waals surface area contributed by atoms with Gasteiger partial charge in [-0.05, 0) is 49.0 Å². The highest BCUT2D eigenvalue weighted by Crippen LogP contribution is 2.42. The van der Waals surface area contributed by atoms with Gasteiger partial charge in [-0.2, -0.15) is 0 Å². The summed E-state index contributed by atoms with van der Waals surface area (Å²) in [6.45, 7) is 2.31. The molecule has 0 bridgehead atoms. The molecule has 0 aromatic heterocycles. The lowest BCUT2D eigenvalue weighted by Crippen LogP contribution is -2.47. The number of ether oxygens (including phenoxy) is 1. The number of hydrogen-bond donors (Lipinski definition) is 3. The first-order chi connectivity index (χ1) is 15.5. The third-order valence-electron chi connectivity index (χ3n) is 6.26. The molecule has 1 fully saturated rings. The lowest BCUT2D eigenvalue weighted by atomic mass is 9.72. The summed E-state index contributed by atoms with van der Waals surface area (Å²) >= 11 is 0. The molecule has 0 heterocycles. The van der Waals surface area contributed by atoms with E-state index in [0.717, 1.165) is 29.5 Å². The average Bonchev–Trinajstić information content (AvgIpc) is 3.63. The zero-order valence-corrected chi connectivity index (χ0v) is 18.4. The van der Waals surface area contributed by atoms with Crippen LogP contribution in [0.25, 0.3) is 5.57 Å². The van der Waals surface area contributed by atoms with Gasteiger partial charge in [-0.1, -0.05) is 72.8 Å². The van der Waals surface area contributed by atoms with Crippen LogP contribution in [0.2, 0.25) is 0 Å². The maximum atomic E-state index is 12.6. The van der Waals surface area contributed by atoms with Gasteiger partial charge in [0.15, 0.2) is 0 Å². The molecular formula is C27H31NO4. The fraction of sp³-hybridized carbons (Fsp3) is 0.370. The van der Waals surface area contributed by atoms with E-state index in [4.69, 9.17) is 4.74 Å². The molecule has 0 saturated heterocycles. The molecule has 168 valence electrons. The summed E-state index contributed by atoms with van der Waals surface area (Å²) in [5.41, 5.74) is 1.70. The van der Waals surface area contributed by atoms with E-state index in [1.54, 1.807) is 6.08 Å². The molecule has 4 atom stereocenters. The lowest BCUT2D eigenvalue weighted by Gasteiger charge is -2.38. The molecule has 5 nitrogen and oxygen atoms in total. The Bertz CT molecular complexity index is 968. The standard InChI is InChI=1S/C27H31NO4/c1-19(28-18-24(29)21-10-6-3-7-11-21)17-27(26(30)31)15-14-22(20-8-4-2-5-9-20)16-25(27)32-23-12-13-23/h2-11,14-16,19,23-25,28-29H,12-13,17-18H2,1H3,(H,30,31)/t19-,24+,25?,27?/m1/s1. The Morgan fingerprint density at radius 3 is 2.41 bits per heavy atom. The van der Waals surface area contributed by atoms with Gasteiger partial charge in [-0.25, -0.2) is 0 Å². The highest BCUT2D eigenvalue weighted by molar-refractivity contribution is 5.84. The second-order valence-electron chi connectivity index (χ2n) is 8.86. The van der Waals surface area contributed by atoms with E-state index in [9.17, 15) is 15.0 Å². The molecule has 3 N–H and O–H groups in total. The summed E-state index contributed by atoms with van der Waals surface area (Å²) in [6, 6.07) is 19.3. The summed E-state index contributed by atoms with van der Waals surface area (Å²) in [5, 5.41) is 24.1. The van der Waals surface area contributed by atoms with Crippen LogP contribution in [0.1, 0.15) is 43.4 Å². The van der Waals surface area contributed by atoms with Crippen LogP contribution in [0.5, 0.6) is 0 Å². The highest BCUT2D eigenvalue weighted by Gasteiger charge is 2.48. The van der Waals surface area contributed by atoms with Crippen LogP contribution in [0.4, 0.5) is 0 Å². The lowest BCUT2D eigenvalue weighted by molar-refractivity contribution is -0.154. The predicted molar refractivity (Wildman–Crippen MR) is 125 cm³/mol.